The Hall–Kier alpha value is -2.07. The zero-order valence-corrected chi connectivity index (χ0v) is 17.7. The zero-order valence-electron chi connectivity index (χ0n) is 17.7. The second-order valence-corrected chi connectivity index (χ2v) is 10.6. The van der Waals surface area contributed by atoms with Crippen molar-refractivity contribution in [2.75, 3.05) is 7.11 Å². The van der Waals surface area contributed by atoms with Gasteiger partial charge >= 0.3 is 5.97 Å². The standard InChI is InChI=1S/C25H31NO3/c1-23-10-17-11-24(2,14-23)16-25(12-17,15-23)26-13-20-8-9-21(29-20)18-4-6-19(7-5-18)22(27)28-3/h4-9,17,26H,10-16H2,1-3H3/t17?,23-,24+,25?. The molecule has 4 aliphatic rings. The average molecular weight is 394 g/mol. The van der Waals surface area contributed by atoms with E-state index >= 15 is 0 Å². The first-order valence-electron chi connectivity index (χ1n) is 10.8. The Morgan fingerprint density at radius 1 is 1.03 bits per heavy atom. The summed E-state index contributed by atoms with van der Waals surface area (Å²) in [5.41, 5.74) is 2.82. The predicted molar refractivity (Wildman–Crippen MR) is 112 cm³/mol. The maximum Gasteiger partial charge on any atom is 0.337 e. The van der Waals surface area contributed by atoms with Gasteiger partial charge in [-0.05, 0) is 79.5 Å². The zero-order chi connectivity index (χ0) is 20.3. The molecule has 4 saturated carbocycles. The third kappa shape index (κ3) is 3.42. The third-order valence-corrected chi connectivity index (χ3v) is 7.52. The second-order valence-electron chi connectivity index (χ2n) is 10.6. The Kier molecular flexibility index (Phi) is 4.22. The quantitative estimate of drug-likeness (QED) is 0.675. The SMILES string of the molecule is COC(=O)c1ccc(-c2ccc(CNC34CC5C[C@@](C)(C3)C[C@](C)(C5)C4)o2)cc1. The topological polar surface area (TPSA) is 51.5 Å². The molecule has 1 N–H and O–H groups in total. The van der Waals surface area contributed by atoms with Gasteiger partial charge in [-0.2, -0.15) is 0 Å². The van der Waals surface area contributed by atoms with Gasteiger partial charge in [-0.1, -0.05) is 26.0 Å². The summed E-state index contributed by atoms with van der Waals surface area (Å²) in [6.45, 7) is 5.80. The molecule has 0 spiro atoms. The molecule has 154 valence electrons. The number of furan rings is 1. The van der Waals surface area contributed by atoms with E-state index in [1.807, 2.05) is 18.2 Å². The molecular formula is C25H31NO3. The summed E-state index contributed by atoms with van der Waals surface area (Å²) in [6, 6.07) is 11.5. The van der Waals surface area contributed by atoms with E-state index < -0.39 is 0 Å². The molecule has 4 fully saturated rings. The first-order chi connectivity index (χ1) is 13.8. The van der Waals surface area contributed by atoms with Crippen molar-refractivity contribution in [2.24, 2.45) is 16.7 Å². The van der Waals surface area contributed by atoms with Crippen LogP contribution in [0.3, 0.4) is 0 Å². The van der Waals surface area contributed by atoms with Crippen molar-refractivity contribution < 1.29 is 13.9 Å². The van der Waals surface area contributed by atoms with Crippen molar-refractivity contribution in [3.05, 3.63) is 47.7 Å². The largest absolute Gasteiger partial charge is 0.465 e. The summed E-state index contributed by atoms with van der Waals surface area (Å²) in [7, 11) is 1.40. The van der Waals surface area contributed by atoms with E-state index in [4.69, 9.17) is 9.15 Å². The highest BCUT2D eigenvalue weighted by Crippen LogP contribution is 2.66. The number of benzene rings is 1. The van der Waals surface area contributed by atoms with E-state index in [0.717, 1.165) is 29.5 Å². The minimum Gasteiger partial charge on any atom is -0.465 e. The van der Waals surface area contributed by atoms with Crippen molar-refractivity contribution in [1.29, 1.82) is 0 Å². The molecule has 29 heavy (non-hydrogen) atoms. The summed E-state index contributed by atoms with van der Waals surface area (Å²) in [5.74, 6) is 2.37. The molecule has 4 nitrogen and oxygen atoms in total. The Labute approximate surface area is 173 Å². The number of rotatable bonds is 5. The highest BCUT2D eigenvalue weighted by atomic mass is 16.5. The van der Waals surface area contributed by atoms with Crippen molar-refractivity contribution in [2.45, 2.75) is 64.5 Å². The van der Waals surface area contributed by atoms with Gasteiger partial charge < -0.3 is 14.5 Å². The van der Waals surface area contributed by atoms with Crippen LogP contribution in [0.15, 0.2) is 40.8 Å². The van der Waals surface area contributed by atoms with Crippen LogP contribution < -0.4 is 5.32 Å². The van der Waals surface area contributed by atoms with Crippen LogP contribution >= 0.6 is 0 Å². The van der Waals surface area contributed by atoms with Gasteiger partial charge in [0.1, 0.15) is 11.5 Å². The Balaban J connectivity index is 1.28. The van der Waals surface area contributed by atoms with Crippen LogP contribution in [-0.4, -0.2) is 18.6 Å². The molecule has 1 aromatic carbocycles. The highest BCUT2D eigenvalue weighted by molar-refractivity contribution is 5.89. The fourth-order valence-corrected chi connectivity index (χ4v) is 7.44. The first-order valence-corrected chi connectivity index (χ1v) is 10.8. The molecule has 0 saturated heterocycles. The summed E-state index contributed by atoms with van der Waals surface area (Å²) in [4.78, 5) is 11.6. The van der Waals surface area contributed by atoms with E-state index in [2.05, 4.69) is 25.2 Å². The number of methoxy groups -OCH3 is 1. The molecule has 1 heterocycles. The van der Waals surface area contributed by atoms with E-state index in [-0.39, 0.29) is 11.5 Å². The van der Waals surface area contributed by atoms with Gasteiger partial charge in [-0.15, -0.1) is 0 Å². The molecule has 2 unspecified atom stereocenters. The van der Waals surface area contributed by atoms with Gasteiger partial charge in [0.2, 0.25) is 0 Å². The maximum atomic E-state index is 11.6. The van der Waals surface area contributed by atoms with E-state index in [1.165, 1.54) is 45.6 Å². The summed E-state index contributed by atoms with van der Waals surface area (Å²) in [5, 5.41) is 3.94. The lowest BCUT2D eigenvalue weighted by molar-refractivity contribution is -0.118. The maximum absolute atomic E-state index is 11.6. The Bertz CT molecular complexity index is 910. The number of hydrogen-bond donors (Lipinski definition) is 1. The number of esters is 1. The number of carbonyl (C=O) groups excluding carboxylic acids is 1. The minimum atomic E-state index is -0.321. The van der Waals surface area contributed by atoms with Crippen LogP contribution in [0, 0.1) is 16.7 Å². The van der Waals surface area contributed by atoms with E-state index in [9.17, 15) is 4.79 Å². The van der Waals surface area contributed by atoms with Crippen LogP contribution in [0.4, 0.5) is 0 Å². The van der Waals surface area contributed by atoms with Crippen LogP contribution in [0.25, 0.3) is 11.3 Å². The fraction of sp³-hybridized carbons (Fsp3) is 0.560. The lowest BCUT2D eigenvalue weighted by Gasteiger charge is -2.65. The molecule has 6 rings (SSSR count). The van der Waals surface area contributed by atoms with Crippen LogP contribution in [0.5, 0.6) is 0 Å². The van der Waals surface area contributed by atoms with Gasteiger partial charge in [0, 0.05) is 11.1 Å². The molecular weight excluding hydrogens is 362 g/mol. The minimum absolute atomic E-state index is 0.276. The highest BCUT2D eigenvalue weighted by Gasteiger charge is 2.59. The first kappa shape index (κ1) is 18.9. The smallest absolute Gasteiger partial charge is 0.337 e. The predicted octanol–water partition coefficient (Wildman–Crippen LogP) is 5.57. The van der Waals surface area contributed by atoms with E-state index in [1.54, 1.807) is 12.1 Å². The summed E-state index contributed by atoms with van der Waals surface area (Å²) >= 11 is 0. The van der Waals surface area contributed by atoms with Gasteiger partial charge in [0.25, 0.3) is 0 Å². The van der Waals surface area contributed by atoms with Crippen molar-refractivity contribution in [3.63, 3.8) is 0 Å². The Morgan fingerprint density at radius 2 is 1.72 bits per heavy atom. The molecule has 1 aromatic heterocycles. The van der Waals surface area contributed by atoms with Crippen molar-refractivity contribution in [1.82, 2.24) is 5.32 Å². The normalized spacial score (nSPS) is 35.1. The van der Waals surface area contributed by atoms with Crippen LogP contribution in [-0.2, 0) is 11.3 Å². The monoisotopic (exact) mass is 393 g/mol. The van der Waals surface area contributed by atoms with Gasteiger partial charge in [0.05, 0.1) is 19.2 Å². The lowest BCUT2D eigenvalue weighted by atomic mass is 9.43. The van der Waals surface area contributed by atoms with Gasteiger partial charge in [0.15, 0.2) is 0 Å². The summed E-state index contributed by atoms with van der Waals surface area (Å²) in [6.07, 6.45) is 8.15. The molecule has 0 aliphatic heterocycles. The molecule has 4 bridgehead atoms. The number of nitrogens with one attached hydrogen (secondary N) is 1. The second kappa shape index (κ2) is 6.46. The molecule has 4 heteroatoms. The lowest BCUT2D eigenvalue weighted by Crippen LogP contribution is -2.63. The molecule has 4 atom stereocenters. The van der Waals surface area contributed by atoms with Gasteiger partial charge in [-0.25, -0.2) is 4.79 Å². The summed E-state index contributed by atoms with van der Waals surface area (Å²) < 4.78 is 10.9. The van der Waals surface area contributed by atoms with Crippen molar-refractivity contribution in [3.8, 4) is 11.3 Å². The molecule has 0 radical (unpaired) electrons. The number of hydrogen-bond acceptors (Lipinski definition) is 4. The van der Waals surface area contributed by atoms with Crippen LogP contribution in [0.2, 0.25) is 0 Å². The Morgan fingerprint density at radius 3 is 2.34 bits per heavy atom. The number of ether oxygens (including phenoxy) is 1. The van der Waals surface area contributed by atoms with E-state index in [0.29, 0.717) is 16.4 Å². The van der Waals surface area contributed by atoms with Gasteiger partial charge in [-0.3, -0.25) is 0 Å². The molecule has 4 aliphatic carbocycles. The van der Waals surface area contributed by atoms with Crippen LogP contribution in [0.1, 0.15) is 68.5 Å². The van der Waals surface area contributed by atoms with Crippen molar-refractivity contribution >= 4 is 5.97 Å². The number of carbonyl (C=O) groups is 1. The average Bonchev–Trinajstić information content (AvgIpc) is 3.12. The molecule has 0 amide bonds. The third-order valence-electron chi connectivity index (χ3n) is 7.52. The fourth-order valence-electron chi connectivity index (χ4n) is 7.44. The molecule has 2 aromatic rings.